The number of aliphatic hydroxyl groups is 1. The highest BCUT2D eigenvalue weighted by Gasteiger charge is 2.07. The van der Waals surface area contributed by atoms with E-state index in [1.165, 1.54) is 0 Å². The topological polar surface area (TPSA) is 75.3 Å². The van der Waals surface area contributed by atoms with Crippen molar-refractivity contribution < 1.29 is 15.0 Å². The van der Waals surface area contributed by atoms with Crippen LogP contribution in [-0.4, -0.2) is 32.3 Å². The number of carbonyl (C=O) groups is 1. The standard InChI is InChI=1S/C14H18N2O3/c17-8-4-2-1-3-7-16-10-15-12-9-11(14(18)19)5-6-13(12)16/h5-6,9-10,17H,1-4,7-8H2,(H,18,19). The summed E-state index contributed by atoms with van der Waals surface area (Å²) < 4.78 is 2.04. The molecule has 1 heterocycles. The van der Waals surface area contributed by atoms with Gasteiger partial charge in [0, 0.05) is 13.2 Å². The second-order valence-electron chi connectivity index (χ2n) is 4.58. The number of hydrogen-bond acceptors (Lipinski definition) is 3. The van der Waals surface area contributed by atoms with Crippen LogP contribution in [0.25, 0.3) is 11.0 Å². The number of imidazole rings is 1. The van der Waals surface area contributed by atoms with Crippen molar-refractivity contribution in [2.24, 2.45) is 0 Å². The fourth-order valence-electron chi connectivity index (χ4n) is 2.12. The van der Waals surface area contributed by atoms with E-state index in [0.29, 0.717) is 0 Å². The zero-order valence-electron chi connectivity index (χ0n) is 10.7. The molecule has 0 saturated heterocycles. The van der Waals surface area contributed by atoms with Gasteiger partial charge in [-0.05, 0) is 31.0 Å². The number of aliphatic hydroxyl groups excluding tert-OH is 1. The summed E-state index contributed by atoms with van der Waals surface area (Å²) >= 11 is 0. The molecule has 0 atom stereocenters. The number of aryl methyl sites for hydroxylation is 1. The van der Waals surface area contributed by atoms with Crippen molar-refractivity contribution in [2.45, 2.75) is 32.2 Å². The fourth-order valence-corrected chi connectivity index (χ4v) is 2.12. The highest BCUT2D eigenvalue weighted by Crippen LogP contribution is 2.16. The van der Waals surface area contributed by atoms with Gasteiger partial charge >= 0.3 is 5.97 Å². The van der Waals surface area contributed by atoms with Crippen LogP contribution >= 0.6 is 0 Å². The summed E-state index contributed by atoms with van der Waals surface area (Å²) in [6.07, 6.45) is 5.75. The van der Waals surface area contributed by atoms with Gasteiger partial charge in [-0.2, -0.15) is 0 Å². The van der Waals surface area contributed by atoms with Crippen LogP contribution in [-0.2, 0) is 6.54 Å². The van der Waals surface area contributed by atoms with Crippen molar-refractivity contribution >= 4 is 17.0 Å². The molecule has 0 saturated carbocycles. The maximum absolute atomic E-state index is 10.9. The summed E-state index contributed by atoms with van der Waals surface area (Å²) in [5, 5.41) is 17.6. The van der Waals surface area contributed by atoms with Gasteiger partial charge in [0.25, 0.3) is 0 Å². The zero-order chi connectivity index (χ0) is 13.7. The van der Waals surface area contributed by atoms with E-state index >= 15 is 0 Å². The van der Waals surface area contributed by atoms with E-state index < -0.39 is 5.97 Å². The Morgan fingerprint density at radius 2 is 2.00 bits per heavy atom. The molecular weight excluding hydrogens is 244 g/mol. The quantitative estimate of drug-likeness (QED) is 0.751. The van der Waals surface area contributed by atoms with Crippen LogP contribution < -0.4 is 0 Å². The van der Waals surface area contributed by atoms with Gasteiger partial charge in [-0.25, -0.2) is 9.78 Å². The number of aromatic carboxylic acids is 1. The van der Waals surface area contributed by atoms with Gasteiger partial charge in [0.05, 0.1) is 22.9 Å². The van der Waals surface area contributed by atoms with Crippen molar-refractivity contribution in [2.75, 3.05) is 6.61 Å². The summed E-state index contributed by atoms with van der Waals surface area (Å²) in [6.45, 7) is 1.13. The number of unbranched alkanes of at least 4 members (excludes halogenated alkanes) is 3. The first-order valence-electron chi connectivity index (χ1n) is 6.51. The molecule has 2 N–H and O–H groups in total. The van der Waals surface area contributed by atoms with Crippen LogP contribution in [0.4, 0.5) is 0 Å². The largest absolute Gasteiger partial charge is 0.478 e. The van der Waals surface area contributed by atoms with E-state index in [1.54, 1.807) is 24.5 Å². The van der Waals surface area contributed by atoms with Crippen LogP contribution in [0.15, 0.2) is 24.5 Å². The zero-order valence-corrected chi connectivity index (χ0v) is 10.7. The third kappa shape index (κ3) is 3.32. The van der Waals surface area contributed by atoms with Crippen LogP contribution in [0.3, 0.4) is 0 Å². The molecule has 0 amide bonds. The Balaban J connectivity index is 2.02. The minimum atomic E-state index is -0.930. The van der Waals surface area contributed by atoms with Gasteiger partial charge in [0.15, 0.2) is 0 Å². The monoisotopic (exact) mass is 262 g/mol. The minimum absolute atomic E-state index is 0.256. The number of fused-ring (bicyclic) bond motifs is 1. The Morgan fingerprint density at radius 3 is 2.74 bits per heavy atom. The van der Waals surface area contributed by atoms with Crippen LogP contribution in [0.5, 0.6) is 0 Å². The molecule has 0 unspecified atom stereocenters. The molecule has 0 spiro atoms. The highest BCUT2D eigenvalue weighted by atomic mass is 16.4. The average Bonchev–Trinajstić information content (AvgIpc) is 2.81. The number of carboxylic acids is 1. The molecule has 0 fully saturated rings. The Hall–Kier alpha value is -1.88. The summed E-state index contributed by atoms with van der Waals surface area (Å²) in [6, 6.07) is 5.01. The first-order chi connectivity index (χ1) is 9.22. The third-order valence-corrected chi connectivity index (χ3v) is 3.18. The summed E-state index contributed by atoms with van der Waals surface area (Å²) in [7, 11) is 0. The third-order valence-electron chi connectivity index (χ3n) is 3.18. The van der Waals surface area contributed by atoms with Crippen LogP contribution in [0, 0.1) is 0 Å². The summed E-state index contributed by atoms with van der Waals surface area (Å²) in [5.74, 6) is -0.930. The summed E-state index contributed by atoms with van der Waals surface area (Å²) in [5.41, 5.74) is 1.95. The van der Waals surface area contributed by atoms with Crippen molar-refractivity contribution in [3.63, 3.8) is 0 Å². The molecule has 102 valence electrons. The number of nitrogens with zero attached hydrogens (tertiary/aromatic N) is 2. The lowest BCUT2D eigenvalue weighted by atomic mass is 10.2. The lowest BCUT2D eigenvalue weighted by Gasteiger charge is -2.04. The Labute approximate surface area is 111 Å². The second kappa shape index (κ2) is 6.33. The minimum Gasteiger partial charge on any atom is -0.478 e. The number of aromatic nitrogens is 2. The molecule has 5 nitrogen and oxygen atoms in total. The first kappa shape index (κ1) is 13.5. The molecule has 0 aliphatic carbocycles. The second-order valence-corrected chi connectivity index (χ2v) is 4.58. The Bertz CT molecular complexity index is 563. The Kier molecular flexibility index (Phi) is 4.52. The molecule has 19 heavy (non-hydrogen) atoms. The van der Waals surface area contributed by atoms with E-state index in [0.717, 1.165) is 43.3 Å². The van der Waals surface area contributed by atoms with Crippen LogP contribution in [0.2, 0.25) is 0 Å². The molecule has 2 rings (SSSR count). The van der Waals surface area contributed by atoms with Gasteiger partial charge in [0.2, 0.25) is 0 Å². The molecule has 0 bridgehead atoms. The van der Waals surface area contributed by atoms with Crippen molar-refractivity contribution in [1.29, 1.82) is 0 Å². The fraction of sp³-hybridized carbons (Fsp3) is 0.429. The molecule has 1 aromatic carbocycles. The molecule has 5 heteroatoms. The van der Waals surface area contributed by atoms with E-state index in [-0.39, 0.29) is 12.2 Å². The lowest BCUT2D eigenvalue weighted by molar-refractivity contribution is 0.0697. The van der Waals surface area contributed by atoms with Crippen LogP contribution in [0.1, 0.15) is 36.0 Å². The van der Waals surface area contributed by atoms with E-state index in [4.69, 9.17) is 10.2 Å². The maximum Gasteiger partial charge on any atom is 0.335 e. The van der Waals surface area contributed by atoms with Crippen molar-refractivity contribution in [1.82, 2.24) is 9.55 Å². The lowest BCUT2D eigenvalue weighted by Crippen LogP contribution is -1.98. The predicted octanol–water partition coefficient (Wildman–Crippen LogP) is 2.29. The smallest absolute Gasteiger partial charge is 0.335 e. The summed E-state index contributed by atoms with van der Waals surface area (Å²) in [4.78, 5) is 15.1. The van der Waals surface area contributed by atoms with Crippen molar-refractivity contribution in [3.8, 4) is 0 Å². The molecule has 0 aliphatic heterocycles. The van der Waals surface area contributed by atoms with Gasteiger partial charge < -0.3 is 14.8 Å². The van der Waals surface area contributed by atoms with E-state index in [1.807, 2.05) is 4.57 Å². The predicted molar refractivity (Wildman–Crippen MR) is 72.2 cm³/mol. The first-order valence-corrected chi connectivity index (χ1v) is 6.51. The number of benzene rings is 1. The van der Waals surface area contributed by atoms with Crippen molar-refractivity contribution in [3.05, 3.63) is 30.1 Å². The van der Waals surface area contributed by atoms with Gasteiger partial charge in [-0.3, -0.25) is 0 Å². The SMILES string of the molecule is O=C(O)c1ccc2c(c1)ncn2CCCCCCO. The van der Waals surface area contributed by atoms with E-state index in [9.17, 15) is 4.79 Å². The number of rotatable bonds is 7. The Morgan fingerprint density at radius 1 is 1.21 bits per heavy atom. The molecular formula is C14H18N2O3. The van der Waals surface area contributed by atoms with Gasteiger partial charge in [-0.15, -0.1) is 0 Å². The van der Waals surface area contributed by atoms with Gasteiger partial charge in [0.1, 0.15) is 0 Å². The maximum atomic E-state index is 10.9. The molecule has 0 radical (unpaired) electrons. The van der Waals surface area contributed by atoms with E-state index in [2.05, 4.69) is 4.98 Å². The average molecular weight is 262 g/mol. The molecule has 2 aromatic rings. The number of carboxylic acid groups (broad SMARTS) is 1. The number of hydrogen-bond donors (Lipinski definition) is 2. The highest BCUT2D eigenvalue weighted by molar-refractivity contribution is 5.92. The van der Waals surface area contributed by atoms with Gasteiger partial charge in [-0.1, -0.05) is 12.8 Å². The molecule has 0 aliphatic rings. The molecule has 1 aromatic heterocycles. The normalized spacial score (nSPS) is 11.0.